The number of rotatable bonds is 7. The number of aryl methyl sites for hydroxylation is 2. The number of anilines is 1. The van der Waals surface area contributed by atoms with E-state index in [0.717, 1.165) is 16.8 Å². The molecule has 0 saturated heterocycles. The number of amides is 1. The SMILES string of the molecule is COc1ccc(NC(=O)CSc2nnnn2-c2c(C)cccc2C)c(OC)c1. The summed E-state index contributed by atoms with van der Waals surface area (Å²) in [6.07, 6.45) is 0. The Morgan fingerprint density at radius 3 is 2.57 bits per heavy atom. The number of thioether (sulfide) groups is 1. The third kappa shape index (κ3) is 4.25. The van der Waals surface area contributed by atoms with Crippen LogP contribution in [0.2, 0.25) is 0 Å². The smallest absolute Gasteiger partial charge is 0.234 e. The van der Waals surface area contributed by atoms with Crippen molar-refractivity contribution >= 4 is 23.4 Å². The standard InChI is InChI=1S/C19H21N5O3S/c1-12-6-5-7-13(2)18(12)24-19(21-22-23-24)28-11-17(25)20-15-9-8-14(26-3)10-16(15)27-4/h5-10H,11H2,1-4H3,(H,20,25). The zero-order chi connectivity index (χ0) is 20.1. The van der Waals surface area contributed by atoms with Crippen LogP contribution in [0.5, 0.6) is 11.5 Å². The number of nitrogens with one attached hydrogen (secondary N) is 1. The molecule has 28 heavy (non-hydrogen) atoms. The Bertz CT molecular complexity index is 969. The summed E-state index contributed by atoms with van der Waals surface area (Å²) in [5.74, 6) is 1.14. The first-order chi connectivity index (χ1) is 13.5. The Kier molecular flexibility index (Phi) is 6.15. The van der Waals surface area contributed by atoms with Crippen LogP contribution in [-0.2, 0) is 4.79 Å². The van der Waals surface area contributed by atoms with E-state index in [-0.39, 0.29) is 11.7 Å². The molecule has 0 aliphatic rings. The van der Waals surface area contributed by atoms with Crippen molar-refractivity contribution in [2.24, 2.45) is 0 Å². The molecule has 0 spiro atoms. The molecule has 1 N–H and O–H groups in total. The zero-order valence-corrected chi connectivity index (χ0v) is 16.9. The lowest BCUT2D eigenvalue weighted by atomic mass is 10.1. The molecule has 1 aromatic heterocycles. The molecule has 9 heteroatoms. The van der Waals surface area contributed by atoms with Gasteiger partial charge in [0.05, 0.1) is 31.3 Å². The molecule has 1 heterocycles. The fourth-order valence-electron chi connectivity index (χ4n) is 2.77. The second-order valence-electron chi connectivity index (χ2n) is 6.02. The van der Waals surface area contributed by atoms with Crippen LogP contribution < -0.4 is 14.8 Å². The Morgan fingerprint density at radius 1 is 1.14 bits per heavy atom. The summed E-state index contributed by atoms with van der Waals surface area (Å²) in [6, 6.07) is 11.2. The highest BCUT2D eigenvalue weighted by atomic mass is 32.2. The van der Waals surface area contributed by atoms with E-state index in [1.807, 2.05) is 32.0 Å². The van der Waals surface area contributed by atoms with Gasteiger partial charge in [-0.1, -0.05) is 30.0 Å². The minimum atomic E-state index is -0.190. The van der Waals surface area contributed by atoms with Crippen molar-refractivity contribution in [3.8, 4) is 17.2 Å². The topological polar surface area (TPSA) is 91.2 Å². The van der Waals surface area contributed by atoms with E-state index in [4.69, 9.17) is 9.47 Å². The number of nitrogens with zero attached hydrogens (tertiary/aromatic N) is 4. The first kappa shape index (κ1) is 19.7. The number of tetrazole rings is 1. The molecule has 0 aliphatic heterocycles. The van der Waals surface area contributed by atoms with Gasteiger partial charge in [-0.2, -0.15) is 4.68 Å². The van der Waals surface area contributed by atoms with Crippen molar-refractivity contribution in [2.75, 3.05) is 25.3 Å². The maximum Gasteiger partial charge on any atom is 0.234 e. The average Bonchev–Trinajstić information content (AvgIpc) is 3.14. The fourth-order valence-corrected chi connectivity index (χ4v) is 3.44. The predicted molar refractivity (Wildman–Crippen MR) is 108 cm³/mol. The number of hydrogen-bond acceptors (Lipinski definition) is 7. The number of aromatic nitrogens is 4. The lowest BCUT2D eigenvalue weighted by Crippen LogP contribution is -2.15. The lowest BCUT2D eigenvalue weighted by Gasteiger charge is -2.12. The number of benzene rings is 2. The molecule has 0 aliphatic carbocycles. The summed E-state index contributed by atoms with van der Waals surface area (Å²) < 4.78 is 12.1. The van der Waals surface area contributed by atoms with E-state index in [1.165, 1.54) is 18.9 Å². The van der Waals surface area contributed by atoms with Gasteiger partial charge >= 0.3 is 0 Å². The summed E-state index contributed by atoms with van der Waals surface area (Å²) in [4.78, 5) is 12.4. The van der Waals surface area contributed by atoms with Crippen LogP contribution in [-0.4, -0.2) is 46.1 Å². The second-order valence-corrected chi connectivity index (χ2v) is 6.96. The van der Waals surface area contributed by atoms with E-state index >= 15 is 0 Å². The molecular formula is C19H21N5O3S. The van der Waals surface area contributed by atoms with Crippen molar-refractivity contribution in [1.82, 2.24) is 20.2 Å². The van der Waals surface area contributed by atoms with E-state index in [9.17, 15) is 4.79 Å². The molecule has 0 saturated carbocycles. The van der Waals surface area contributed by atoms with Crippen molar-refractivity contribution in [1.29, 1.82) is 0 Å². The van der Waals surface area contributed by atoms with Crippen molar-refractivity contribution in [3.05, 3.63) is 47.5 Å². The molecule has 0 fully saturated rings. The highest BCUT2D eigenvalue weighted by Gasteiger charge is 2.15. The van der Waals surface area contributed by atoms with Gasteiger partial charge in [0.1, 0.15) is 11.5 Å². The second kappa shape index (κ2) is 8.75. The van der Waals surface area contributed by atoms with E-state index in [1.54, 1.807) is 30.0 Å². The molecule has 3 aromatic rings. The Labute approximate surface area is 167 Å². The van der Waals surface area contributed by atoms with Crippen LogP contribution in [0.1, 0.15) is 11.1 Å². The normalized spacial score (nSPS) is 10.6. The van der Waals surface area contributed by atoms with Gasteiger partial charge in [0.15, 0.2) is 0 Å². The number of ether oxygens (including phenoxy) is 2. The predicted octanol–water partition coefficient (Wildman–Crippen LogP) is 3.03. The lowest BCUT2D eigenvalue weighted by molar-refractivity contribution is -0.113. The maximum atomic E-state index is 12.4. The number of carbonyl (C=O) groups is 1. The van der Waals surface area contributed by atoms with Crippen LogP contribution in [0.15, 0.2) is 41.6 Å². The molecular weight excluding hydrogens is 378 g/mol. The summed E-state index contributed by atoms with van der Waals surface area (Å²) in [5, 5.41) is 15.3. The van der Waals surface area contributed by atoms with Crippen LogP contribution in [0.25, 0.3) is 5.69 Å². The summed E-state index contributed by atoms with van der Waals surface area (Å²) in [5.41, 5.74) is 3.61. The highest BCUT2D eigenvalue weighted by Crippen LogP contribution is 2.29. The molecule has 146 valence electrons. The molecule has 3 rings (SSSR count). The average molecular weight is 399 g/mol. The van der Waals surface area contributed by atoms with Gasteiger partial charge in [-0.05, 0) is 47.5 Å². The minimum absolute atomic E-state index is 0.153. The Morgan fingerprint density at radius 2 is 1.89 bits per heavy atom. The first-order valence-corrected chi connectivity index (χ1v) is 9.51. The minimum Gasteiger partial charge on any atom is -0.497 e. The van der Waals surface area contributed by atoms with E-state index < -0.39 is 0 Å². The van der Waals surface area contributed by atoms with E-state index in [2.05, 4.69) is 20.8 Å². The van der Waals surface area contributed by atoms with Gasteiger partial charge in [0.25, 0.3) is 0 Å². The van der Waals surface area contributed by atoms with Gasteiger partial charge in [0.2, 0.25) is 11.1 Å². The number of methoxy groups -OCH3 is 2. The molecule has 0 atom stereocenters. The summed E-state index contributed by atoms with van der Waals surface area (Å²) in [7, 11) is 3.11. The van der Waals surface area contributed by atoms with Crippen LogP contribution in [0.3, 0.4) is 0 Å². The van der Waals surface area contributed by atoms with Gasteiger partial charge in [-0.3, -0.25) is 4.79 Å². The first-order valence-electron chi connectivity index (χ1n) is 8.53. The fraction of sp³-hybridized carbons (Fsp3) is 0.263. The van der Waals surface area contributed by atoms with Gasteiger partial charge in [-0.25, -0.2) is 0 Å². The molecule has 0 radical (unpaired) electrons. The van der Waals surface area contributed by atoms with Crippen LogP contribution in [0.4, 0.5) is 5.69 Å². The van der Waals surface area contributed by atoms with Crippen LogP contribution >= 0.6 is 11.8 Å². The van der Waals surface area contributed by atoms with Gasteiger partial charge in [-0.15, -0.1) is 5.10 Å². The maximum absolute atomic E-state index is 12.4. The van der Waals surface area contributed by atoms with Crippen LogP contribution in [0, 0.1) is 13.8 Å². The molecule has 8 nitrogen and oxygen atoms in total. The highest BCUT2D eigenvalue weighted by molar-refractivity contribution is 7.99. The summed E-state index contributed by atoms with van der Waals surface area (Å²) >= 11 is 1.26. The molecule has 0 unspecified atom stereocenters. The van der Waals surface area contributed by atoms with Gasteiger partial charge in [0, 0.05) is 6.07 Å². The Balaban J connectivity index is 1.71. The van der Waals surface area contributed by atoms with E-state index in [0.29, 0.717) is 22.3 Å². The number of hydrogen-bond donors (Lipinski definition) is 1. The third-order valence-electron chi connectivity index (χ3n) is 4.11. The van der Waals surface area contributed by atoms with Crippen molar-refractivity contribution in [2.45, 2.75) is 19.0 Å². The zero-order valence-electron chi connectivity index (χ0n) is 16.1. The molecule has 2 aromatic carbocycles. The number of para-hydroxylation sites is 1. The third-order valence-corrected chi connectivity index (χ3v) is 5.03. The number of carbonyl (C=O) groups excluding carboxylic acids is 1. The van der Waals surface area contributed by atoms with Crippen molar-refractivity contribution in [3.63, 3.8) is 0 Å². The van der Waals surface area contributed by atoms with Crippen molar-refractivity contribution < 1.29 is 14.3 Å². The molecule has 1 amide bonds. The quantitative estimate of drug-likeness (QED) is 0.611. The van der Waals surface area contributed by atoms with Gasteiger partial charge < -0.3 is 14.8 Å². The largest absolute Gasteiger partial charge is 0.497 e. The summed E-state index contributed by atoms with van der Waals surface area (Å²) in [6.45, 7) is 4.00. The molecule has 0 bridgehead atoms. The Hall–Kier alpha value is -3.07. The monoisotopic (exact) mass is 399 g/mol.